The van der Waals surface area contributed by atoms with E-state index in [-0.39, 0.29) is 5.75 Å². The van der Waals surface area contributed by atoms with E-state index < -0.39 is 0 Å². The number of rotatable bonds is 6. The Bertz CT molecular complexity index is 1000. The maximum absolute atomic E-state index is 10.1. The molecule has 0 saturated carbocycles. The number of para-hydroxylation sites is 1. The van der Waals surface area contributed by atoms with Crippen LogP contribution in [0.4, 0.5) is 5.82 Å². The van der Waals surface area contributed by atoms with Gasteiger partial charge in [-0.2, -0.15) is 5.10 Å². The zero-order valence-electron chi connectivity index (χ0n) is 16.2. The smallest absolute Gasteiger partial charge is 0.165 e. The number of aromatic nitrogens is 2. The topological polar surface area (TPSA) is 80.1 Å². The fourth-order valence-corrected chi connectivity index (χ4v) is 2.65. The van der Waals surface area contributed by atoms with Gasteiger partial charge in [0.15, 0.2) is 23.1 Å². The van der Waals surface area contributed by atoms with Crippen LogP contribution in [0.25, 0.3) is 11.4 Å². The van der Waals surface area contributed by atoms with Crippen LogP contribution in [0.1, 0.15) is 11.3 Å². The van der Waals surface area contributed by atoms with E-state index in [1.165, 1.54) is 0 Å². The number of aryl methyl sites for hydroxylation is 1. The van der Waals surface area contributed by atoms with Crippen LogP contribution in [0, 0.1) is 6.92 Å². The Hall–Kier alpha value is -3.61. The second-order valence-electron chi connectivity index (χ2n) is 6.09. The molecule has 0 aliphatic carbocycles. The van der Waals surface area contributed by atoms with Gasteiger partial charge in [0.25, 0.3) is 0 Å². The van der Waals surface area contributed by atoms with Crippen molar-refractivity contribution in [2.24, 2.45) is 5.10 Å². The summed E-state index contributed by atoms with van der Waals surface area (Å²) in [6.07, 6.45) is 1.71. The number of benzene rings is 2. The third-order valence-corrected chi connectivity index (χ3v) is 4.10. The van der Waals surface area contributed by atoms with Crippen LogP contribution >= 0.6 is 0 Å². The highest BCUT2D eigenvalue weighted by atomic mass is 16.5. The Morgan fingerprint density at radius 1 is 1.00 bits per heavy atom. The normalized spacial score (nSPS) is 10.9. The highest BCUT2D eigenvalue weighted by molar-refractivity contribution is 5.81. The van der Waals surface area contributed by atoms with Gasteiger partial charge in [-0.1, -0.05) is 12.1 Å². The molecule has 0 radical (unpaired) electrons. The molecule has 0 bridgehead atoms. The molecule has 0 spiro atoms. The molecule has 2 aromatic carbocycles. The third-order valence-electron chi connectivity index (χ3n) is 4.10. The number of aromatic hydroxyl groups is 1. The SMILES string of the molecule is COc1ccc(/C=N\N(C)c2cc(C)nc(-c3ccccc3O)n2)cc1OC. The second-order valence-corrected chi connectivity index (χ2v) is 6.09. The molecule has 0 saturated heterocycles. The first-order valence-electron chi connectivity index (χ1n) is 8.65. The summed E-state index contributed by atoms with van der Waals surface area (Å²) in [5, 5.41) is 16.2. The van der Waals surface area contributed by atoms with E-state index >= 15 is 0 Å². The lowest BCUT2D eigenvalue weighted by molar-refractivity contribution is 0.355. The summed E-state index contributed by atoms with van der Waals surface area (Å²) in [4.78, 5) is 8.96. The molecule has 0 amide bonds. The van der Waals surface area contributed by atoms with E-state index in [0.29, 0.717) is 28.7 Å². The molecule has 144 valence electrons. The summed E-state index contributed by atoms with van der Waals surface area (Å²) in [7, 11) is 4.99. The predicted octanol–water partition coefficient (Wildman–Crippen LogP) is 3.65. The van der Waals surface area contributed by atoms with Gasteiger partial charge in [0, 0.05) is 18.8 Å². The molecule has 1 aromatic heterocycles. The average Bonchev–Trinajstić information content (AvgIpc) is 2.71. The molecule has 7 heteroatoms. The Labute approximate surface area is 163 Å². The van der Waals surface area contributed by atoms with Crippen molar-refractivity contribution in [1.29, 1.82) is 0 Å². The van der Waals surface area contributed by atoms with Crippen molar-refractivity contribution in [3.05, 3.63) is 59.8 Å². The van der Waals surface area contributed by atoms with E-state index in [9.17, 15) is 5.11 Å². The highest BCUT2D eigenvalue weighted by Crippen LogP contribution is 2.28. The summed E-state index contributed by atoms with van der Waals surface area (Å²) < 4.78 is 10.6. The monoisotopic (exact) mass is 378 g/mol. The highest BCUT2D eigenvalue weighted by Gasteiger charge is 2.11. The van der Waals surface area contributed by atoms with Gasteiger partial charge in [0.1, 0.15) is 5.75 Å². The molecule has 0 fully saturated rings. The van der Waals surface area contributed by atoms with Crippen molar-refractivity contribution in [3.8, 4) is 28.6 Å². The number of hydrazone groups is 1. The maximum Gasteiger partial charge on any atom is 0.165 e. The fourth-order valence-electron chi connectivity index (χ4n) is 2.65. The van der Waals surface area contributed by atoms with Gasteiger partial charge in [0.2, 0.25) is 0 Å². The fraction of sp³-hybridized carbons (Fsp3) is 0.190. The van der Waals surface area contributed by atoms with E-state index in [1.807, 2.05) is 37.3 Å². The Balaban J connectivity index is 1.88. The van der Waals surface area contributed by atoms with Crippen LogP contribution in [-0.2, 0) is 0 Å². The van der Waals surface area contributed by atoms with Gasteiger partial charge in [0.05, 0.1) is 26.0 Å². The molecular formula is C21H22N4O3. The van der Waals surface area contributed by atoms with Crippen molar-refractivity contribution in [2.75, 3.05) is 26.3 Å². The van der Waals surface area contributed by atoms with Gasteiger partial charge in [-0.3, -0.25) is 5.01 Å². The number of hydrogen-bond acceptors (Lipinski definition) is 7. The molecule has 3 aromatic rings. The number of phenolic OH excluding ortho intramolecular Hbond substituents is 1. The van der Waals surface area contributed by atoms with Gasteiger partial charge in [-0.25, -0.2) is 9.97 Å². The number of phenols is 1. The first kappa shape index (κ1) is 19.2. The van der Waals surface area contributed by atoms with Gasteiger partial charge in [-0.15, -0.1) is 0 Å². The Morgan fingerprint density at radius 2 is 1.75 bits per heavy atom. The van der Waals surface area contributed by atoms with Crippen molar-refractivity contribution in [1.82, 2.24) is 9.97 Å². The zero-order valence-corrected chi connectivity index (χ0v) is 16.2. The number of hydrogen-bond donors (Lipinski definition) is 1. The number of nitrogens with zero attached hydrogens (tertiary/aromatic N) is 4. The molecule has 28 heavy (non-hydrogen) atoms. The van der Waals surface area contributed by atoms with Crippen LogP contribution in [0.5, 0.6) is 17.2 Å². The lowest BCUT2D eigenvalue weighted by atomic mass is 10.2. The molecule has 3 rings (SSSR count). The van der Waals surface area contributed by atoms with Gasteiger partial charge in [-0.05, 0) is 42.8 Å². The van der Waals surface area contributed by atoms with Crippen LogP contribution in [0.3, 0.4) is 0 Å². The number of anilines is 1. The summed E-state index contributed by atoms with van der Waals surface area (Å²) in [6.45, 7) is 1.88. The van der Waals surface area contributed by atoms with E-state index in [4.69, 9.17) is 9.47 Å². The van der Waals surface area contributed by atoms with E-state index in [1.54, 1.807) is 50.7 Å². The third kappa shape index (κ3) is 4.20. The Kier molecular flexibility index (Phi) is 5.74. The number of ether oxygens (including phenoxy) is 2. The Morgan fingerprint density at radius 3 is 2.46 bits per heavy atom. The minimum absolute atomic E-state index is 0.135. The molecule has 0 aliphatic rings. The summed E-state index contributed by atoms with van der Waals surface area (Å²) >= 11 is 0. The van der Waals surface area contributed by atoms with Crippen LogP contribution in [0.2, 0.25) is 0 Å². The first-order valence-corrected chi connectivity index (χ1v) is 8.65. The van der Waals surface area contributed by atoms with Gasteiger partial charge >= 0.3 is 0 Å². The number of methoxy groups -OCH3 is 2. The largest absolute Gasteiger partial charge is 0.507 e. The van der Waals surface area contributed by atoms with E-state index in [2.05, 4.69) is 15.1 Å². The van der Waals surface area contributed by atoms with Crippen LogP contribution in [0.15, 0.2) is 53.6 Å². The quantitative estimate of drug-likeness (QED) is 0.521. The molecule has 0 unspecified atom stereocenters. The van der Waals surface area contributed by atoms with Crippen LogP contribution in [-0.4, -0.2) is 42.6 Å². The zero-order chi connectivity index (χ0) is 20.1. The maximum atomic E-state index is 10.1. The summed E-state index contributed by atoms with van der Waals surface area (Å²) in [6, 6.07) is 14.4. The van der Waals surface area contributed by atoms with Crippen LogP contribution < -0.4 is 14.5 Å². The van der Waals surface area contributed by atoms with E-state index in [0.717, 1.165) is 11.3 Å². The molecule has 0 atom stereocenters. The van der Waals surface area contributed by atoms with Crippen molar-refractivity contribution in [3.63, 3.8) is 0 Å². The lowest BCUT2D eigenvalue weighted by Crippen LogP contribution is -2.12. The average molecular weight is 378 g/mol. The minimum atomic E-state index is 0.135. The molecule has 1 N–H and O–H groups in total. The van der Waals surface area contributed by atoms with Crippen molar-refractivity contribution in [2.45, 2.75) is 6.92 Å². The minimum Gasteiger partial charge on any atom is -0.507 e. The summed E-state index contributed by atoms with van der Waals surface area (Å²) in [5.41, 5.74) is 2.21. The standard InChI is InChI=1S/C21H22N4O3/c1-14-11-20(24-21(23-14)16-7-5-6-8-17(16)26)25(2)22-13-15-9-10-18(27-3)19(12-15)28-4/h5-13,26H,1-4H3/b22-13-. The first-order chi connectivity index (χ1) is 13.5. The second kappa shape index (κ2) is 8.39. The van der Waals surface area contributed by atoms with Crippen molar-refractivity contribution < 1.29 is 14.6 Å². The summed E-state index contributed by atoms with van der Waals surface area (Å²) in [5.74, 6) is 2.49. The van der Waals surface area contributed by atoms with Crippen molar-refractivity contribution >= 4 is 12.0 Å². The molecule has 0 aliphatic heterocycles. The van der Waals surface area contributed by atoms with Gasteiger partial charge < -0.3 is 14.6 Å². The molecule has 1 heterocycles. The predicted molar refractivity (Wildman–Crippen MR) is 109 cm³/mol. The molecular weight excluding hydrogens is 356 g/mol. The molecule has 7 nitrogen and oxygen atoms in total. The lowest BCUT2D eigenvalue weighted by Gasteiger charge is -2.14.